The van der Waals surface area contributed by atoms with Crippen molar-refractivity contribution < 1.29 is 14.6 Å². The molecule has 0 unspecified atom stereocenters. The molecule has 0 aliphatic carbocycles. The van der Waals surface area contributed by atoms with E-state index in [1.807, 2.05) is 6.20 Å². The Morgan fingerprint density at radius 3 is 3.00 bits per heavy atom. The number of fused-ring (bicyclic) bond motifs is 2. The van der Waals surface area contributed by atoms with Crippen molar-refractivity contribution in [2.45, 2.75) is 37.8 Å². The fraction of sp³-hybridized carbons (Fsp3) is 0.591. The van der Waals surface area contributed by atoms with E-state index in [2.05, 4.69) is 20.2 Å². The fourth-order valence-electron chi connectivity index (χ4n) is 4.84. The third-order valence-corrected chi connectivity index (χ3v) is 6.56. The third kappa shape index (κ3) is 3.99. The summed E-state index contributed by atoms with van der Waals surface area (Å²) in [6.45, 7) is 6.21. The first-order chi connectivity index (χ1) is 14.7. The molecule has 3 aliphatic heterocycles. The van der Waals surface area contributed by atoms with Crippen molar-refractivity contribution in [1.29, 1.82) is 0 Å². The minimum atomic E-state index is -0.129. The average Bonchev–Trinajstić information content (AvgIpc) is 3.18. The number of nitrogens with zero attached hydrogens (tertiary/aromatic N) is 4. The van der Waals surface area contributed by atoms with Crippen LogP contribution in [-0.2, 0) is 28.0 Å². The smallest absolute Gasteiger partial charge is 0.222 e. The molecule has 8 nitrogen and oxygen atoms in total. The molecule has 1 spiro atoms. The highest BCUT2D eigenvalue weighted by Gasteiger charge is 2.45. The molecule has 5 rings (SSSR count). The molecule has 0 radical (unpaired) electrons. The summed E-state index contributed by atoms with van der Waals surface area (Å²) in [6, 6.07) is 3.44. The Balaban J connectivity index is 1.31. The van der Waals surface area contributed by atoms with Crippen molar-refractivity contribution in [3.8, 4) is 5.75 Å². The minimum absolute atomic E-state index is 0.129. The highest BCUT2D eigenvalue weighted by molar-refractivity contribution is 5.37. The van der Waals surface area contributed by atoms with Crippen LogP contribution >= 0.6 is 0 Å². The predicted octanol–water partition coefficient (Wildman–Crippen LogP) is 2.09. The van der Waals surface area contributed by atoms with Crippen LogP contribution in [0, 0.1) is 5.92 Å². The number of ether oxygens (including phenoxy) is 2. The van der Waals surface area contributed by atoms with E-state index >= 15 is 0 Å². The Morgan fingerprint density at radius 2 is 2.13 bits per heavy atom. The molecule has 160 valence electrons. The summed E-state index contributed by atoms with van der Waals surface area (Å²) in [5.41, 5.74) is 2.79. The van der Waals surface area contributed by atoms with Gasteiger partial charge in [0.15, 0.2) is 0 Å². The summed E-state index contributed by atoms with van der Waals surface area (Å²) in [5, 5.41) is 13.5. The molecule has 8 heteroatoms. The molecule has 0 saturated carbocycles. The number of likely N-dealkylation sites (tertiary alicyclic amines) is 1. The SMILES string of the molecule is Oc1cccnc1CN1CC[C@]2(COCc3cnc(NCC4CCOCC4)nc32)C1. The standard InChI is InChI=1S/C22H29N5O3/c28-19-2-1-6-23-18(19)12-27-7-5-22(14-27)15-30-13-17-11-25-21(26-20(17)22)24-10-16-3-8-29-9-4-16/h1-2,6,11,16,28H,3-5,7-10,12-15H2,(H,24,25,26)/t22-/m1/s1. The maximum Gasteiger partial charge on any atom is 0.222 e. The van der Waals surface area contributed by atoms with Gasteiger partial charge >= 0.3 is 0 Å². The average molecular weight is 412 g/mol. The lowest BCUT2D eigenvalue weighted by atomic mass is 9.80. The molecular weight excluding hydrogens is 382 g/mol. The van der Waals surface area contributed by atoms with Gasteiger partial charge in [0, 0.05) is 50.8 Å². The first-order valence-electron chi connectivity index (χ1n) is 10.8. The molecule has 5 heterocycles. The Labute approximate surface area is 176 Å². The number of hydrogen-bond acceptors (Lipinski definition) is 8. The zero-order valence-corrected chi connectivity index (χ0v) is 17.2. The van der Waals surface area contributed by atoms with E-state index in [1.54, 1.807) is 18.3 Å². The number of pyridine rings is 1. The van der Waals surface area contributed by atoms with Gasteiger partial charge in [-0.05, 0) is 43.9 Å². The summed E-state index contributed by atoms with van der Waals surface area (Å²) in [4.78, 5) is 16.2. The second-order valence-corrected chi connectivity index (χ2v) is 8.71. The van der Waals surface area contributed by atoms with Gasteiger partial charge in [0.2, 0.25) is 5.95 Å². The van der Waals surface area contributed by atoms with Crippen molar-refractivity contribution >= 4 is 5.95 Å². The second kappa shape index (κ2) is 8.45. The maximum atomic E-state index is 10.1. The number of aromatic hydroxyl groups is 1. The normalized spacial score (nSPS) is 24.8. The molecule has 0 aromatic carbocycles. The molecule has 30 heavy (non-hydrogen) atoms. The van der Waals surface area contributed by atoms with Crippen LogP contribution in [0.4, 0.5) is 5.95 Å². The van der Waals surface area contributed by atoms with Gasteiger partial charge in [-0.2, -0.15) is 0 Å². The summed E-state index contributed by atoms with van der Waals surface area (Å²) < 4.78 is 11.4. The predicted molar refractivity (Wildman–Crippen MR) is 111 cm³/mol. The number of rotatable bonds is 5. The number of nitrogens with one attached hydrogen (secondary N) is 1. The van der Waals surface area contributed by atoms with E-state index in [1.165, 1.54) is 0 Å². The van der Waals surface area contributed by atoms with Gasteiger partial charge in [0.1, 0.15) is 5.75 Å². The van der Waals surface area contributed by atoms with Crippen molar-refractivity contribution in [3.05, 3.63) is 41.5 Å². The zero-order chi connectivity index (χ0) is 20.4. The van der Waals surface area contributed by atoms with Gasteiger partial charge in [-0.15, -0.1) is 0 Å². The van der Waals surface area contributed by atoms with E-state index in [0.29, 0.717) is 37.3 Å². The van der Waals surface area contributed by atoms with Crippen LogP contribution < -0.4 is 5.32 Å². The van der Waals surface area contributed by atoms with Gasteiger partial charge in [0.05, 0.1) is 30.0 Å². The van der Waals surface area contributed by atoms with E-state index in [-0.39, 0.29) is 11.2 Å². The van der Waals surface area contributed by atoms with E-state index in [0.717, 1.165) is 63.4 Å². The highest BCUT2D eigenvalue weighted by Crippen LogP contribution is 2.40. The summed E-state index contributed by atoms with van der Waals surface area (Å²) in [5.74, 6) is 1.58. The Morgan fingerprint density at radius 1 is 1.23 bits per heavy atom. The molecule has 0 amide bonds. The Kier molecular flexibility index (Phi) is 5.54. The maximum absolute atomic E-state index is 10.1. The summed E-state index contributed by atoms with van der Waals surface area (Å²) in [6.07, 6.45) is 6.80. The largest absolute Gasteiger partial charge is 0.506 e. The topological polar surface area (TPSA) is 92.6 Å². The molecule has 0 bridgehead atoms. The number of anilines is 1. The summed E-state index contributed by atoms with van der Waals surface area (Å²) >= 11 is 0. The number of hydrogen-bond donors (Lipinski definition) is 2. The zero-order valence-electron chi connectivity index (χ0n) is 17.2. The van der Waals surface area contributed by atoms with Gasteiger partial charge in [-0.25, -0.2) is 9.97 Å². The van der Waals surface area contributed by atoms with Gasteiger partial charge < -0.3 is 19.9 Å². The van der Waals surface area contributed by atoms with E-state index in [9.17, 15) is 5.11 Å². The first-order valence-corrected chi connectivity index (χ1v) is 10.8. The van der Waals surface area contributed by atoms with Gasteiger partial charge in [0.25, 0.3) is 0 Å². The fourth-order valence-corrected chi connectivity index (χ4v) is 4.84. The molecule has 2 aromatic heterocycles. The Hall–Kier alpha value is -2.29. The van der Waals surface area contributed by atoms with Crippen molar-refractivity contribution in [3.63, 3.8) is 0 Å². The molecule has 2 saturated heterocycles. The molecular formula is C22H29N5O3. The van der Waals surface area contributed by atoms with Gasteiger partial charge in [-0.3, -0.25) is 9.88 Å². The second-order valence-electron chi connectivity index (χ2n) is 8.71. The lowest BCUT2D eigenvalue weighted by Gasteiger charge is -2.34. The quantitative estimate of drug-likeness (QED) is 0.773. The first kappa shape index (κ1) is 19.7. The monoisotopic (exact) mass is 411 g/mol. The highest BCUT2D eigenvalue weighted by atomic mass is 16.5. The van der Waals surface area contributed by atoms with Crippen molar-refractivity contribution in [2.24, 2.45) is 5.92 Å². The van der Waals surface area contributed by atoms with Crippen LogP contribution in [0.25, 0.3) is 0 Å². The van der Waals surface area contributed by atoms with Crippen LogP contribution in [0.5, 0.6) is 5.75 Å². The number of aromatic nitrogens is 3. The van der Waals surface area contributed by atoms with Gasteiger partial charge in [-0.1, -0.05) is 0 Å². The van der Waals surface area contributed by atoms with Crippen LogP contribution in [0.2, 0.25) is 0 Å². The molecule has 2 N–H and O–H groups in total. The summed E-state index contributed by atoms with van der Waals surface area (Å²) in [7, 11) is 0. The van der Waals surface area contributed by atoms with Crippen molar-refractivity contribution in [1.82, 2.24) is 19.9 Å². The molecule has 3 aliphatic rings. The van der Waals surface area contributed by atoms with Crippen LogP contribution in [0.1, 0.15) is 36.2 Å². The molecule has 2 fully saturated rings. The molecule has 2 aromatic rings. The Bertz CT molecular complexity index is 889. The third-order valence-electron chi connectivity index (χ3n) is 6.56. The lowest BCUT2D eigenvalue weighted by Crippen LogP contribution is -2.40. The van der Waals surface area contributed by atoms with Crippen molar-refractivity contribution in [2.75, 3.05) is 44.8 Å². The minimum Gasteiger partial charge on any atom is -0.506 e. The lowest BCUT2D eigenvalue weighted by molar-refractivity contribution is 0.0502. The molecule has 1 atom stereocenters. The van der Waals surface area contributed by atoms with E-state index in [4.69, 9.17) is 14.5 Å². The van der Waals surface area contributed by atoms with Crippen LogP contribution in [0.3, 0.4) is 0 Å². The van der Waals surface area contributed by atoms with E-state index < -0.39 is 0 Å². The van der Waals surface area contributed by atoms with Crippen LogP contribution in [-0.4, -0.2) is 64.4 Å². The van der Waals surface area contributed by atoms with Crippen LogP contribution in [0.15, 0.2) is 24.5 Å².